The summed E-state index contributed by atoms with van der Waals surface area (Å²) in [5, 5.41) is 14.1. The summed E-state index contributed by atoms with van der Waals surface area (Å²) in [4.78, 5) is 21.1. The lowest BCUT2D eigenvalue weighted by atomic mass is 10.2. The Morgan fingerprint density at radius 2 is 1.92 bits per heavy atom. The summed E-state index contributed by atoms with van der Waals surface area (Å²) in [6.45, 7) is 0.334. The summed E-state index contributed by atoms with van der Waals surface area (Å²) >= 11 is 0. The maximum Gasteiger partial charge on any atom is 0.416 e. The van der Waals surface area contributed by atoms with E-state index in [1.807, 2.05) is 0 Å². The van der Waals surface area contributed by atoms with Gasteiger partial charge in [-0.1, -0.05) is 0 Å². The highest BCUT2D eigenvalue weighted by atomic mass is 19.4. The predicted octanol–water partition coefficient (Wildman–Crippen LogP) is 4.37. The van der Waals surface area contributed by atoms with Crippen LogP contribution in [0.4, 0.5) is 23.7 Å². The molecule has 0 saturated carbocycles. The van der Waals surface area contributed by atoms with Gasteiger partial charge in [0, 0.05) is 29.4 Å². The number of rotatable bonds is 6. The highest BCUT2D eigenvalue weighted by Crippen LogP contribution is 2.34. The third-order valence-corrected chi connectivity index (χ3v) is 5.24. The molecule has 0 unspecified atom stereocenters. The number of alkyl halides is 3. The van der Waals surface area contributed by atoms with E-state index in [1.54, 1.807) is 30.3 Å². The molecule has 1 N–H and O–H groups in total. The summed E-state index contributed by atoms with van der Waals surface area (Å²) in [7, 11) is 1.25. The first-order valence-corrected chi connectivity index (χ1v) is 10.7. The fourth-order valence-corrected chi connectivity index (χ4v) is 3.56. The molecule has 3 heterocycles. The lowest BCUT2D eigenvalue weighted by molar-refractivity contribution is -0.137. The van der Waals surface area contributed by atoms with Crippen molar-refractivity contribution in [3.63, 3.8) is 0 Å². The second-order valence-electron chi connectivity index (χ2n) is 7.74. The lowest BCUT2D eigenvalue weighted by Crippen LogP contribution is -2.19. The second kappa shape index (κ2) is 9.56. The van der Waals surface area contributed by atoms with Crippen molar-refractivity contribution < 1.29 is 27.4 Å². The van der Waals surface area contributed by atoms with E-state index in [4.69, 9.17) is 9.47 Å². The third-order valence-electron chi connectivity index (χ3n) is 5.24. The van der Waals surface area contributed by atoms with Gasteiger partial charge in [0.1, 0.15) is 24.2 Å². The van der Waals surface area contributed by atoms with Gasteiger partial charge in [0.25, 0.3) is 0 Å². The lowest BCUT2D eigenvalue weighted by Gasteiger charge is -2.13. The van der Waals surface area contributed by atoms with Gasteiger partial charge in [-0.15, -0.1) is 5.10 Å². The first-order valence-electron chi connectivity index (χ1n) is 10.7. The van der Waals surface area contributed by atoms with Crippen molar-refractivity contribution in [2.45, 2.75) is 12.7 Å². The first-order chi connectivity index (χ1) is 17.8. The average Bonchev–Trinajstić information content (AvgIpc) is 3.53. The van der Waals surface area contributed by atoms with E-state index in [0.29, 0.717) is 34.8 Å². The van der Waals surface area contributed by atoms with Crippen LogP contribution in [0.15, 0.2) is 67.4 Å². The standard InChI is InChI=1S/C23H17F3N8O3/c1-36-19-8-15(23(24,25)26)7-16(9-19)30-22(35)34-5-4-14-6-18(2-3-20(14)34)37-21-10-17(27-12-28-21)11-33-13-29-31-32-33/h2-10,12-13H,11H2,1H3,(H,30,35). The molecular weight excluding hydrogens is 493 g/mol. The SMILES string of the molecule is COc1cc(NC(=O)n2ccc3cc(Oc4cc(Cn5cnnn5)ncn4)ccc32)cc(C(F)(F)F)c1. The number of methoxy groups -OCH3 is 1. The molecule has 0 bridgehead atoms. The number of nitrogens with one attached hydrogen (secondary N) is 1. The quantitative estimate of drug-likeness (QED) is 0.358. The van der Waals surface area contributed by atoms with Gasteiger partial charge < -0.3 is 14.8 Å². The van der Waals surface area contributed by atoms with Crippen molar-refractivity contribution in [3.8, 4) is 17.4 Å². The summed E-state index contributed by atoms with van der Waals surface area (Å²) in [5.74, 6) is 0.726. The number of carbonyl (C=O) groups is 1. The van der Waals surface area contributed by atoms with Crippen molar-refractivity contribution in [1.29, 1.82) is 0 Å². The van der Waals surface area contributed by atoms with Gasteiger partial charge in [-0.25, -0.2) is 19.4 Å². The number of halogens is 3. The highest BCUT2D eigenvalue weighted by molar-refractivity contribution is 5.99. The molecule has 0 aliphatic rings. The van der Waals surface area contributed by atoms with Crippen LogP contribution in [0.1, 0.15) is 11.3 Å². The van der Waals surface area contributed by atoms with Crippen molar-refractivity contribution >= 4 is 22.6 Å². The van der Waals surface area contributed by atoms with Gasteiger partial charge in [-0.05, 0) is 46.8 Å². The number of tetrazole rings is 1. The molecule has 14 heteroatoms. The van der Waals surface area contributed by atoms with Crippen LogP contribution >= 0.6 is 0 Å². The summed E-state index contributed by atoms with van der Waals surface area (Å²) in [6, 6.07) is 10.7. The Kier molecular flexibility index (Phi) is 6.13. The van der Waals surface area contributed by atoms with E-state index in [2.05, 4.69) is 30.8 Å². The molecule has 0 atom stereocenters. The number of fused-ring (bicyclic) bond motifs is 1. The maximum absolute atomic E-state index is 13.2. The molecule has 0 aliphatic carbocycles. The largest absolute Gasteiger partial charge is 0.497 e. The normalized spacial score (nSPS) is 11.5. The third kappa shape index (κ3) is 5.32. The number of aromatic nitrogens is 7. The molecule has 5 rings (SSSR count). The number of benzene rings is 2. The summed E-state index contributed by atoms with van der Waals surface area (Å²) < 4.78 is 53.2. The fraction of sp³-hybridized carbons (Fsp3) is 0.130. The summed E-state index contributed by atoms with van der Waals surface area (Å²) in [5.41, 5.74) is 0.158. The van der Waals surface area contributed by atoms with Crippen molar-refractivity contribution in [2.75, 3.05) is 12.4 Å². The number of ether oxygens (including phenoxy) is 2. The topological polar surface area (TPSA) is 122 Å². The zero-order chi connectivity index (χ0) is 26.0. The Morgan fingerprint density at radius 1 is 1.05 bits per heavy atom. The van der Waals surface area contributed by atoms with Crippen molar-refractivity contribution in [1.82, 2.24) is 34.7 Å². The maximum atomic E-state index is 13.2. The molecule has 5 aromatic rings. The van der Waals surface area contributed by atoms with Gasteiger partial charge >= 0.3 is 12.2 Å². The molecule has 3 aromatic heterocycles. The van der Waals surface area contributed by atoms with Crippen LogP contribution in [-0.2, 0) is 12.7 Å². The number of hydrogen-bond acceptors (Lipinski definition) is 8. The Balaban J connectivity index is 1.34. The van der Waals surface area contributed by atoms with E-state index in [9.17, 15) is 18.0 Å². The van der Waals surface area contributed by atoms with Gasteiger partial charge in [0.2, 0.25) is 5.88 Å². The number of nitrogens with zero attached hydrogens (tertiary/aromatic N) is 7. The molecule has 0 saturated heterocycles. The molecule has 2 aromatic carbocycles. The number of anilines is 1. The van der Waals surface area contributed by atoms with E-state index in [1.165, 1.54) is 41.3 Å². The van der Waals surface area contributed by atoms with Crippen LogP contribution < -0.4 is 14.8 Å². The first kappa shape index (κ1) is 23.7. The average molecular weight is 510 g/mol. The Morgan fingerprint density at radius 3 is 2.68 bits per heavy atom. The molecule has 1 amide bonds. The van der Waals surface area contributed by atoms with Crippen LogP contribution in [0.3, 0.4) is 0 Å². The van der Waals surface area contributed by atoms with Crippen LogP contribution in [0, 0.1) is 0 Å². The second-order valence-corrected chi connectivity index (χ2v) is 7.74. The van der Waals surface area contributed by atoms with Crippen LogP contribution in [0.5, 0.6) is 17.4 Å². The molecule has 37 heavy (non-hydrogen) atoms. The molecule has 0 radical (unpaired) electrons. The van der Waals surface area contributed by atoms with Crippen LogP contribution in [0.25, 0.3) is 10.9 Å². The molecule has 0 spiro atoms. The monoisotopic (exact) mass is 510 g/mol. The van der Waals surface area contributed by atoms with E-state index in [0.717, 1.165) is 12.1 Å². The zero-order valence-corrected chi connectivity index (χ0v) is 19.0. The minimum Gasteiger partial charge on any atom is -0.497 e. The van der Waals surface area contributed by atoms with Gasteiger partial charge in [0.15, 0.2) is 0 Å². The van der Waals surface area contributed by atoms with Gasteiger partial charge in [-0.3, -0.25) is 4.57 Å². The van der Waals surface area contributed by atoms with E-state index < -0.39 is 17.8 Å². The number of hydrogen-bond donors (Lipinski definition) is 1. The predicted molar refractivity (Wildman–Crippen MR) is 123 cm³/mol. The highest BCUT2D eigenvalue weighted by Gasteiger charge is 2.31. The van der Waals surface area contributed by atoms with E-state index in [-0.39, 0.29) is 11.4 Å². The summed E-state index contributed by atoms with van der Waals surface area (Å²) in [6.07, 6.45) is -0.274. The van der Waals surface area contributed by atoms with Crippen molar-refractivity contribution in [2.24, 2.45) is 0 Å². The number of carbonyl (C=O) groups excluding carboxylic acids is 1. The molecule has 188 valence electrons. The minimum absolute atomic E-state index is 0.0323. The van der Waals surface area contributed by atoms with Gasteiger partial charge in [-0.2, -0.15) is 13.2 Å². The minimum atomic E-state index is -4.59. The fourth-order valence-electron chi connectivity index (χ4n) is 3.56. The number of amides is 1. The Hall–Kier alpha value is -5.01. The van der Waals surface area contributed by atoms with Crippen molar-refractivity contribution in [3.05, 3.63) is 78.6 Å². The molecule has 0 aliphatic heterocycles. The van der Waals surface area contributed by atoms with Crippen LogP contribution in [0.2, 0.25) is 0 Å². The Labute approximate surface area is 206 Å². The smallest absolute Gasteiger partial charge is 0.416 e. The van der Waals surface area contributed by atoms with Gasteiger partial charge in [0.05, 0.1) is 30.4 Å². The van der Waals surface area contributed by atoms with Crippen LogP contribution in [-0.4, -0.2) is 47.9 Å². The zero-order valence-electron chi connectivity index (χ0n) is 19.0. The molecular formula is C23H17F3N8O3. The molecule has 11 nitrogen and oxygen atoms in total. The van der Waals surface area contributed by atoms with E-state index >= 15 is 0 Å². The Bertz CT molecular complexity index is 1570. The molecule has 0 fully saturated rings.